The Hall–Kier alpha value is -3.02. The van der Waals surface area contributed by atoms with Gasteiger partial charge in [0.15, 0.2) is 11.5 Å². The predicted molar refractivity (Wildman–Crippen MR) is 121 cm³/mol. The summed E-state index contributed by atoms with van der Waals surface area (Å²) in [4.78, 5) is 17.4. The molecule has 1 saturated carbocycles. The molecule has 0 saturated heterocycles. The van der Waals surface area contributed by atoms with Crippen LogP contribution in [0.15, 0.2) is 48.5 Å². The van der Waals surface area contributed by atoms with E-state index >= 15 is 0 Å². The molecule has 0 aliphatic heterocycles. The highest BCUT2D eigenvalue weighted by molar-refractivity contribution is 5.79. The third-order valence-electron chi connectivity index (χ3n) is 5.98. The number of aryl methyl sites for hydroxylation is 1. The number of carbonyl (C=O) groups is 1. The largest absolute Gasteiger partial charge is 0.493 e. The zero-order valence-electron chi connectivity index (χ0n) is 18.2. The fourth-order valence-electron chi connectivity index (χ4n) is 4.33. The summed E-state index contributed by atoms with van der Waals surface area (Å²) in [7, 11) is 1.65. The van der Waals surface area contributed by atoms with Crippen molar-refractivity contribution in [2.45, 2.75) is 51.6 Å². The van der Waals surface area contributed by atoms with Crippen LogP contribution in [-0.2, 0) is 17.9 Å². The van der Waals surface area contributed by atoms with Crippen molar-refractivity contribution in [2.24, 2.45) is 5.92 Å². The van der Waals surface area contributed by atoms with E-state index in [-0.39, 0.29) is 11.8 Å². The first kappa shape index (κ1) is 21.2. The second kappa shape index (κ2) is 10.3. The summed E-state index contributed by atoms with van der Waals surface area (Å²) in [5.74, 6) is 2.70. The van der Waals surface area contributed by atoms with Crippen LogP contribution < -0.4 is 14.8 Å². The number of carbonyl (C=O) groups excluding carboxylic acids is 1. The van der Waals surface area contributed by atoms with E-state index in [9.17, 15) is 4.79 Å². The highest BCUT2D eigenvalue weighted by Crippen LogP contribution is 2.26. The van der Waals surface area contributed by atoms with Gasteiger partial charge in [-0.15, -0.1) is 0 Å². The average Bonchev–Trinajstić information content (AvgIpc) is 3.18. The maximum Gasteiger partial charge on any atom is 0.223 e. The maximum absolute atomic E-state index is 12.6. The molecule has 164 valence electrons. The molecule has 3 aromatic rings. The number of ether oxygens (including phenoxy) is 2. The van der Waals surface area contributed by atoms with Gasteiger partial charge in [-0.2, -0.15) is 0 Å². The summed E-state index contributed by atoms with van der Waals surface area (Å²) in [5, 5.41) is 3.13. The monoisotopic (exact) mass is 421 g/mol. The number of hydrogen-bond acceptors (Lipinski definition) is 4. The standard InChI is InChI=1S/C25H31N3O3/c1-30-22-14-7-8-15-23(22)31-17-9-16-28-21-13-6-5-12-20(21)27-24(28)18-26-25(29)19-10-3-2-4-11-19/h5-8,12-15,19H,2-4,9-11,16-18H2,1H3,(H,26,29). The van der Waals surface area contributed by atoms with Crippen molar-refractivity contribution in [3.63, 3.8) is 0 Å². The van der Waals surface area contributed by atoms with Crippen LogP contribution in [0.3, 0.4) is 0 Å². The van der Waals surface area contributed by atoms with E-state index in [1.165, 1.54) is 6.42 Å². The number of aromatic nitrogens is 2. The lowest BCUT2D eigenvalue weighted by Crippen LogP contribution is -2.32. The number of para-hydroxylation sites is 4. The van der Waals surface area contributed by atoms with Gasteiger partial charge < -0.3 is 19.4 Å². The van der Waals surface area contributed by atoms with Gasteiger partial charge in [0.05, 0.1) is 31.3 Å². The normalized spacial score (nSPS) is 14.5. The van der Waals surface area contributed by atoms with Crippen LogP contribution in [0.2, 0.25) is 0 Å². The summed E-state index contributed by atoms with van der Waals surface area (Å²) in [6.45, 7) is 1.79. The molecule has 1 fully saturated rings. The molecule has 0 radical (unpaired) electrons. The van der Waals surface area contributed by atoms with Gasteiger partial charge in [-0.05, 0) is 43.5 Å². The molecule has 6 nitrogen and oxygen atoms in total. The molecule has 1 N–H and O–H groups in total. The van der Waals surface area contributed by atoms with Crippen LogP contribution in [0.1, 0.15) is 44.3 Å². The Morgan fingerprint density at radius 1 is 1.06 bits per heavy atom. The van der Waals surface area contributed by atoms with Gasteiger partial charge >= 0.3 is 0 Å². The first-order valence-corrected chi connectivity index (χ1v) is 11.2. The van der Waals surface area contributed by atoms with E-state index in [4.69, 9.17) is 14.5 Å². The summed E-state index contributed by atoms with van der Waals surface area (Å²) < 4.78 is 13.5. The number of nitrogens with zero attached hydrogens (tertiary/aromatic N) is 2. The number of imidazole rings is 1. The first-order chi connectivity index (χ1) is 15.3. The van der Waals surface area contributed by atoms with Gasteiger partial charge in [0, 0.05) is 12.5 Å². The molecule has 4 rings (SSSR count). The molecule has 1 heterocycles. The molecule has 6 heteroatoms. The Morgan fingerprint density at radius 2 is 1.81 bits per heavy atom. The SMILES string of the molecule is COc1ccccc1OCCCn1c(CNC(=O)C2CCCCC2)nc2ccccc21. The van der Waals surface area contributed by atoms with Crippen molar-refractivity contribution in [2.75, 3.05) is 13.7 Å². The minimum atomic E-state index is 0.154. The number of amides is 1. The third-order valence-corrected chi connectivity index (χ3v) is 5.98. The van der Waals surface area contributed by atoms with Crippen molar-refractivity contribution in [1.29, 1.82) is 0 Å². The second-order valence-corrected chi connectivity index (χ2v) is 8.07. The number of benzene rings is 2. The highest BCUT2D eigenvalue weighted by Gasteiger charge is 2.21. The van der Waals surface area contributed by atoms with Crippen molar-refractivity contribution < 1.29 is 14.3 Å². The van der Waals surface area contributed by atoms with Gasteiger partial charge in [0.25, 0.3) is 0 Å². The average molecular weight is 422 g/mol. The van der Waals surface area contributed by atoms with Crippen molar-refractivity contribution in [3.05, 3.63) is 54.4 Å². The van der Waals surface area contributed by atoms with Gasteiger partial charge in [0.2, 0.25) is 5.91 Å². The van der Waals surface area contributed by atoms with Crippen molar-refractivity contribution >= 4 is 16.9 Å². The molecule has 0 unspecified atom stereocenters. The van der Waals surface area contributed by atoms with Crippen LogP contribution in [0, 0.1) is 5.92 Å². The van der Waals surface area contributed by atoms with E-state index in [0.717, 1.165) is 67.0 Å². The molecule has 1 aliphatic rings. The van der Waals surface area contributed by atoms with Gasteiger partial charge in [-0.25, -0.2) is 4.98 Å². The van der Waals surface area contributed by atoms with E-state index < -0.39 is 0 Å². The van der Waals surface area contributed by atoms with Gasteiger partial charge in [-0.3, -0.25) is 4.79 Å². The Bertz CT molecular complexity index is 1010. The summed E-state index contributed by atoms with van der Waals surface area (Å²) in [5.41, 5.74) is 2.04. The Labute approximate surface area is 183 Å². The predicted octanol–water partition coefficient (Wildman–Crippen LogP) is 4.71. The van der Waals surface area contributed by atoms with Crippen LogP contribution in [0.25, 0.3) is 11.0 Å². The maximum atomic E-state index is 12.6. The zero-order valence-corrected chi connectivity index (χ0v) is 18.2. The molecular formula is C25H31N3O3. The topological polar surface area (TPSA) is 65.4 Å². The Kier molecular flexibility index (Phi) is 7.07. The molecule has 0 spiro atoms. The molecule has 1 aromatic heterocycles. The lowest BCUT2D eigenvalue weighted by molar-refractivity contribution is -0.126. The second-order valence-electron chi connectivity index (χ2n) is 8.07. The number of rotatable bonds is 9. The summed E-state index contributed by atoms with van der Waals surface area (Å²) in [6.07, 6.45) is 6.38. The smallest absolute Gasteiger partial charge is 0.223 e. The third kappa shape index (κ3) is 5.19. The molecular weight excluding hydrogens is 390 g/mol. The van der Waals surface area contributed by atoms with Crippen LogP contribution in [0.5, 0.6) is 11.5 Å². The summed E-state index contributed by atoms with van der Waals surface area (Å²) in [6, 6.07) is 15.8. The van der Waals surface area contributed by atoms with E-state index in [0.29, 0.717) is 13.2 Å². The molecule has 0 atom stereocenters. The zero-order chi connectivity index (χ0) is 21.5. The fourth-order valence-corrected chi connectivity index (χ4v) is 4.33. The van der Waals surface area contributed by atoms with Crippen molar-refractivity contribution in [1.82, 2.24) is 14.9 Å². The Balaban J connectivity index is 1.39. The van der Waals surface area contributed by atoms with Crippen molar-refractivity contribution in [3.8, 4) is 11.5 Å². The van der Waals surface area contributed by atoms with E-state index in [2.05, 4.69) is 16.0 Å². The molecule has 31 heavy (non-hydrogen) atoms. The van der Waals surface area contributed by atoms with Crippen LogP contribution in [0.4, 0.5) is 0 Å². The Morgan fingerprint density at radius 3 is 2.61 bits per heavy atom. The molecule has 2 aromatic carbocycles. The molecule has 1 aliphatic carbocycles. The minimum absolute atomic E-state index is 0.154. The minimum Gasteiger partial charge on any atom is -0.493 e. The van der Waals surface area contributed by atoms with E-state index in [1.54, 1.807) is 7.11 Å². The van der Waals surface area contributed by atoms with Gasteiger partial charge in [-0.1, -0.05) is 43.5 Å². The molecule has 0 bridgehead atoms. The quantitative estimate of drug-likeness (QED) is 0.508. The first-order valence-electron chi connectivity index (χ1n) is 11.2. The lowest BCUT2D eigenvalue weighted by Gasteiger charge is -2.20. The van der Waals surface area contributed by atoms with E-state index in [1.807, 2.05) is 42.5 Å². The highest BCUT2D eigenvalue weighted by atomic mass is 16.5. The number of fused-ring (bicyclic) bond motifs is 1. The number of nitrogens with one attached hydrogen (secondary N) is 1. The summed E-state index contributed by atoms with van der Waals surface area (Å²) >= 11 is 0. The lowest BCUT2D eigenvalue weighted by atomic mass is 9.89. The number of methoxy groups -OCH3 is 1. The van der Waals surface area contributed by atoms with Crippen LogP contribution in [-0.4, -0.2) is 29.2 Å². The van der Waals surface area contributed by atoms with Gasteiger partial charge in [0.1, 0.15) is 5.82 Å². The number of hydrogen-bond donors (Lipinski definition) is 1. The fraction of sp³-hybridized carbons (Fsp3) is 0.440. The van der Waals surface area contributed by atoms with Crippen LogP contribution >= 0.6 is 0 Å². The molecule has 1 amide bonds.